The van der Waals surface area contributed by atoms with E-state index >= 15 is 0 Å². The van der Waals surface area contributed by atoms with Gasteiger partial charge in [0.1, 0.15) is 5.75 Å². The van der Waals surface area contributed by atoms with Gasteiger partial charge in [0.15, 0.2) is 34.7 Å². The van der Waals surface area contributed by atoms with Crippen LogP contribution in [0, 0.1) is 23.7 Å². The fourth-order valence-corrected chi connectivity index (χ4v) is 6.92. The van der Waals surface area contributed by atoms with Crippen molar-refractivity contribution < 1.29 is 39.3 Å². The smallest absolute Gasteiger partial charge is 0.235 e. The molecule has 39 heavy (non-hydrogen) atoms. The standard InChI is InChI=1S/C28H29N3O8/c1-10-12-9-13(11-7-5-4-6-8-11)19(29)23(34)15(12)21(32)16-14(10)22(33)18-20(31(2)3)24(35)17(27(30)38)26(37)28(18,39)25(16)36/h4-10,14,16-18,20,22,33-34,39H,29H2,1-3H3,(H2,30,38)/t10-,14+,16?,17?,18+,20-,22-,28-/m1/s1. The van der Waals surface area contributed by atoms with Crippen LogP contribution < -0.4 is 11.5 Å². The monoisotopic (exact) mass is 535 g/mol. The molecule has 0 saturated heterocycles. The van der Waals surface area contributed by atoms with E-state index in [0.717, 1.165) is 0 Å². The van der Waals surface area contributed by atoms with Crippen molar-refractivity contribution in [1.82, 2.24) is 4.90 Å². The van der Waals surface area contributed by atoms with Crippen molar-refractivity contribution in [2.24, 2.45) is 29.4 Å². The lowest BCUT2D eigenvalue weighted by Gasteiger charge is -2.56. The zero-order valence-corrected chi connectivity index (χ0v) is 21.5. The lowest BCUT2D eigenvalue weighted by atomic mass is 9.49. The maximum Gasteiger partial charge on any atom is 0.235 e. The van der Waals surface area contributed by atoms with E-state index in [-0.39, 0.29) is 11.3 Å². The lowest BCUT2D eigenvalue weighted by molar-refractivity contribution is -0.196. The molecule has 8 atom stereocenters. The predicted molar refractivity (Wildman–Crippen MR) is 137 cm³/mol. The molecule has 5 rings (SSSR count). The molecule has 11 heteroatoms. The molecule has 0 radical (unpaired) electrons. The largest absolute Gasteiger partial charge is 0.505 e. The molecule has 204 valence electrons. The third kappa shape index (κ3) is 3.36. The summed E-state index contributed by atoms with van der Waals surface area (Å²) in [7, 11) is 2.88. The summed E-state index contributed by atoms with van der Waals surface area (Å²) < 4.78 is 0. The summed E-state index contributed by atoms with van der Waals surface area (Å²) in [5.41, 5.74) is 9.59. The minimum absolute atomic E-state index is 0.0971. The zero-order valence-electron chi connectivity index (χ0n) is 21.5. The minimum atomic E-state index is -3.04. The van der Waals surface area contributed by atoms with Crippen LogP contribution in [-0.2, 0) is 19.2 Å². The first-order valence-corrected chi connectivity index (χ1v) is 12.5. The number of amides is 1. The number of hydrogen-bond acceptors (Lipinski definition) is 10. The Bertz CT molecular complexity index is 1450. The molecule has 11 nitrogen and oxygen atoms in total. The Morgan fingerprint density at radius 2 is 1.67 bits per heavy atom. The van der Waals surface area contributed by atoms with Gasteiger partial charge in [0.2, 0.25) is 5.91 Å². The van der Waals surface area contributed by atoms with Gasteiger partial charge in [-0.1, -0.05) is 37.3 Å². The molecule has 7 N–H and O–H groups in total. The first-order chi connectivity index (χ1) is 18.3. The van der Waals surface area contributed by atoms with E-state index in [1.54, 1.807) is 43.3 Å². The van der Waals surface area contributed by atoms with Gasteiger partial charge < -0.3 is 26.8 Å². The van der Waals surface area contributed by atoms with E-state index in [1.165, 1.54) is 19.0 Å². The van der Waals surface area contributed by atoms with Crippen molar-refractivity contribution in [2.45, 2.75) is 30.6 Å². The quantitative estimate of drug-likeness (QED) is 0.196. The molecule has 0 aromatic heterocycles. The van der Waals surface area contributed by atoms with Crippen LogP contribution in [0.25, 0.3) is 11.1 Å². The number of rotatable bonds is 3. The number of nitrogen functional groups attached to an aromatic ring is 1. The van der Waals surface area contributed by atoms with Gasteiger partial charge in [0.25, 0.3) is 0 Å². The molecule has 3 aliphatic carbocycles. The maximum absolute atomic E-state index is 14.0. The number of aliphatic hydroxyl groups excluding tert-OH is 1. The van der Waals surface area contributed by atoms with Crippen LogP contribution in [0.4, 0.5) is 5.69 Å². The number of carbonyl (C=O) groups excluding carboxylic acids is 5. The molecule has 2 aromatic carbocycles. The Morgan fingerprint density at radius 1 is 1.05 bits per heavy atom. The third-order valence-electron chi connectivity index (χ3n) is 8.73. The summed E-state index contributed by atoms with van der Waals surface area (Å²) in [5.74, 6) is -13.9. The number of nitrogens with zero attached hydrogens (tertiary/aromatic N) is 1. The number of phenols is 1. The molecule has 2 aromatic rings. The summed E-state index contributed by atoms with van der Waals surface area (Å²) >= 11 is 0. The molecule has 2 fully saturated rings. The predicted octanol–water partition coefficient (Wildman–Crippen LogP) is -0.352. The number of aliphatic hydroxyl groups is 2. The summed E-state index contributed by atoms with van der Waals surface area (Å²) in [6.45, 7) is 1.65. The van der Waals surface area contributed by atoms with Gasteiger partial charge in [-0.3, -0.25) is 28.9 Å². The first-order valence-electron chi connectivity index (χ1n) is 12.5. The molecule has 0 heterocycles. The minimum Gasteiger partial charge on any atom is -0.505 e. The van der Waals surface area contributed by atoms with E-state index in [4.69, 9.17) is 11.5 Å². The summed E-state index contributed by atoms with van der Waals surface area (Å²) in [5, 5.41) is 34.4. The number of aromatic hydroxyl groups is 1. The second kappa shape index (κ2) is 8.80. The Balaban J connectivity index is 1.73. The van der Waals surface area contributed by atoms with Crippen LogP contribution in [0.1, 0.15) is 28.8 Å². The van der Waals surface area contributed by atoms with Crippen LogP contribution in [0.3, 0.4) is 0 Å². The van der Waals surface area contributed by atoms with Crippen molar-refractivity contribution in [3.05, 3.63) is 47.5 Å². The van der Waals surface area contributed by atoms with Gasteiger partial charge >= 0.3 is 0 Å². The highest BCUT2D eigenvalue weighted by Gasteiger charge is 2.72. The molecular weight excluding hydrogens is 506 g/mol. The van der Waals surface area contributed by atoms with Crippen LogP contribution in [0.15, 0.2) is 36.4 Å². The third-order valence-corrected chi connectivity index (χ3v) is 8.73. The molecule has 2 unspecified atom stereocenters. The number of primary amides is 1. The van der Waals surface area contributed by atoms with Crippen LogP contribution >= 0.6 is 0 Å². The number of ketones is 4. The SMILES string of the molecule is C[C@@H]1c2cc(-c3ccccc3)c(N)c(O)c2C(=O)C2C(=O)[C@@]3(O)C(=O)C(C(N)=O)C(=O)[C@H](N(C)C)[C@H]3[C@H](O)[C@H]21. The highest BCUT2D eigenvalue weighted by atomic mass is 16.3. The summed E-state index contributed by atoms with van der Waals surface area (Å²) in [6.07, 6.45) is -1.70. The number of carbonyl (C=O) groups is 5. The van der Waals surface area contributed by atoms with Gasteiger partial charge in [0, 0.05) is 11.5 Å². The van der Waals surface area contributed by atoms with E-state index in [1.807, 2.05) is 0 Å². The van der Waals surface area contributed by atoms with Crippen molar-refractivity contribution >= 4 is 34.7 Å². The highest BCUT2D eigenvalue weighted by molar-refractivity contribution is 6.32. The number of hydrogen-bond donors (Lipinski definition) is 5. The average molecular weight is 536 g/mol. The maximum atomic E-state index is 14.0. The second-order valence-corrected chi connectivity index (χ2v) is 10.9. The Morgan fingerprint density at radius 3 is 2.23 bits per heavy atom. The van der Waals surface area contributed by atoms with Crippen molar-refractivity contribution in [3.8, 4) is 16.9 Å². The number of anilines is 1. The zero-order chi connectivity index (χ0) is 28.7. The van der Waals surface area contributed by atoms with Gasteiger partial charge in [0.05, 0.1) is 35.2 Å². The lowest BCUT2D eigenvalue weighted by Crippen LogP contribution is -2.77. The Hall–Kier alpha value is -3.93. The van der Waals surface area contributed by atoms with Gasteiger partial charge in [-0.25, -0.2) is 0 Å². The number of likely N-dealkylation sites (N-methyl/N-ethyl adjacent to an activating group) is 1. The Labute approximate surface area is 223 Å². The highest BCUT2D eigenvalue weighted by Crippen LogP contribution is 2.55. The second-order valence-electron chi connectivity index (χ2n) is 10.9. The molecule has 3 aliphatic rings. The molecule has 2 saturated carbocycles. The summed E-state index contributed by atoms with van der Waals surface area (Å²) in [4.78, 5) is 67.9. The number of Topliss-reactive ketones (excluding diaryl/α,β-unsaturated/α-hetero) is 4. The number of benzene rings is 2. The topological polar surface area (TPSA) is 201 Å². The van der Waals surface area contributed by atoms with Crippen molar-refractivity contribution in [1.29, 1.82) is 0 Å². The van der Waals surface area contributed by atoms with Gasteiger partial charge in [-0.15, -0.1) is 0 Å². The van der Waals surface area contributed by atoms with Crippen molar-refractivity contribution in [3.63, 3.8) is 0 Å². The fraction of sp³-hybridized carbons (Fsp3) is 0.393. The molecule has 1 amide bonds. The normalized spacial score (nSPS) is 33.9. The number of phenolic OH excluding ortho intramolecular Hbond substituents is 1. The van der Waals surface area contributed by atoms with Crippen LogP contribution in [-0.4, -0.2) is 81.1 Å². The number of nitrogens with two attached hydrogens (primary N) is 2. The molecule has 0 aliphatic heterocycles. The van der Waals surface area contributed by atoms with E-state index in [9.17, 15) is 39.3 Å². The summed E-state index contributed by atoms with van der Waals surface area (Å²) in [6, 6.07) is 9.09. The van der Waals surface area contributed by atoms with E-state index in [0.29, 0.717) is 16.7 Å². The molecule has 0 bridgehead atoms. The van der Waals surface area contributed by atoms with E-state index in [2.05, 4.69) is 0 Å². The van der Waals surface area contributed by atoms with Gasteiger partial charge in [-0.2, -0.15) is 0 Å². The van der Waals surface area contributed by atoms with Crippen molar-refractivity contribution in [2.75, 3.05) is 19.8 Å². The van der Waals surface area contributed by atoms with Crippen LogP contribution in [0.5, 0.6) is 5.75 Å². The molecule has 0 spiro atoms. The van der Waals surface area contributed by atoms with E-state index < -0.39 is 82.1 Å². The average Bonchev–Trinajstić information content (AvgIpc) is 2.88. The van der Waals surface area contributed by atoms with Gasteiger partial charge in [-0.05, 0) is 37.2 Å². The van der Waals surface area contributed by atoms with Crippen LogP contribution in [0.2, 0.25) is 0 Å². The first kappa shape index (κ1) is 26.7. The number of fused-ring (bicyclic) bond motifs is 3. The molecular formula is C28H29N3O8. The fourth-order valence-electron chi connectivity index (χ4n) is 6.92. The Kier molecular flexibility index (Phi) is 6.02.